The third-order valence-corrected chi connectivity index (χ3v) is 2.36. The number of hydrogen-bond acceptors (Lipinski definition) is 4. The molecule has 0 fully saturated rings. The van der Waals surface area contributed by atoms with Crippen LogP contribution in [-0.4, -0.2) is 20.8 Å². The molecule has 0 amide bonds. The van der Waals surface area contributed by atoms with Crippen molar-refractivity contribution in [3.05, 3.63) is 52.1 Å². The number of hydrogen-bond donors (Lipinski definition) is 0. The summed E-state index contributed by atoms with van der Waals surface area (Å²) in [5.74, 6) is 0.138. The lowest BCUT2D eigenvalue weighted by atomic mass is 10.2. The Kier molecular flexibility index (Phi) is 2.70. The van der Waals surface area contributed by atoms with E-state index in [2.05, 4.69) is 4.98 Å². The average Bonchev–Trinajstić information content (AvgIpc) is 2.76. The van der Waals surface area contributed by atoms with Crippen LogP contribution in [0.25, 0.3) is 5.69 Å². The number of aldehydes is 1. The van der Waals surface area contributed by atoms with Gasteiger partial charge in [0.2, 0.25) is 0 Å². The molecule has 1 aromatic carbocycles. The Balaban J connectivity index is 2.69. The summed E-state index contributed by atoms with van der Waals surface area (Å²) in [6, 6.07) is 4.71. The van der Waals surface area contributed by atoms with Crippen molar-refractivity contribution in [2.45, 2.75) is 6.92 Å². The topological polar surface area (TPSA) is 78.0 Å². The lowest BCUT2D eigenvalue weighted by Crippen LogP contribution is -2.03. The number of rotatable bonds is 3. The van der Waals surface area contributed by atoms with E-state index in [9.17, 15) is 14.9 Å². The summed E-state index contributed by atoms with van der Waals surface area (Å²) in [4.78, 5) is 25.0. The van der Waals surface area contributed by atoms with E-state index >= 15 is 0 Å². The summed E-state index contributed by atoms with van der Waals surface area (Å²) in [5, 5.41) is 10.9. The zero-order valence-electron chi connectivity index (χ0n) is 9.03. The predicted molar refractivity (Wildman–Crippen MR) is 60.3 cm³/mol. The van der Waals surface area contributed by atoms with E-state index in [4.69, 9.17) is 0 Å². The minimum Gasteiger partial charge on any atom is -0.294 e. The van der Waals surface area contributed by atoms with Gasteiger partial charge in [-0.1, -0.05) is 6.07 Å². The van der Waals surface area contributed by atoms with Crippen LogP contribution in [0.4, 0.5) is 5.69 Å². The van der Waals surface area contributed by atoms with Gasteiger partial charge in [-0.15, -0.1) is 0 Å². The third-order valence-electron chi connectivity index (χ3n) is 2.36. The summed E-state index contributed by atoms with van der Waals surface area (Å²) in [6.45, 7) is 1.82. The van der Waals surface area contributed by atoms with Gasteiger partial charge >= 0.3 is 0 Å². The highest BCUT2D eigenvalue weighted by Crippen LogP contribution is 2.24. The van der Waals surface area contributed by atoms with Crippen LogP contribution in [0, 0.1) is 17.0 Å². The molecule has 0 N–H and O–H groups in total. The van der Waals surface area contributed by atoms with Gasteiger partial charge in [0.25, 0.3) is 5.69 Å². The van der Waals surface area contributed by atoms with Gasteiger partial charge in [0.1, 0.15) is 5.69 Å². The number of aromatic nitrogens is 2. The number of nitrogens with zero attached hydrogens (tertiary/aromatic N) is 3. The molecule has 2 aromatic rings. The van der Waals surface area contributed by atoms with E-state index in [1.807, 2.05) is 6.92 Å². The van der Waals surface area contributed by atoms with Gasteiger partial charge in [-0.05, 0) is 18.6 Å². The second-order valence-corrected chi connectivity index (χ2v) is 3.52. The van der Waals surface area contributed by atoms with Crippen LogP contribution in [0.1, 0.15) is 16.2 Å². The Morgan fingerprint density at radius 2 is 2.24 bits per heavy atom. The predicted octanol–water partition coefficient (Wildman–Crippen LogP) is 1.90. The van der Waals surface area contributed by atoms with Crippen molar-refractivity contribution in [1.82, 2.24) is 9.55 Å². The summed E-state index contributed by atoms with van der Waals surface area (Å²) in [6.07, 6.45) is 3.51. The maximum Gasteiger partial charge on any atom is 0.293 e. The molecule has 86 valence electrons. The molecule has 0 bridgehead atoms. The molecule has 0 atom stereocenters. The van der Waals surface area contributed by atoms with Crippen molar-refractivity contribution >= 4 is 12.0 Å². The number of carbonyl (C=O) groups is 1. The number of carbonyl (C=O) groups excluding carboxylic acids is 1. The Hall–Kier alpha value is -2.50. The molecule has 1 aromatic heterocycles. The van der Waals surface area contributed by atoms with Crippen molar-refractivity contribution in [2.75, 3.05) is 0 Å². The average molecular weight is 231 g/mol. The molecule has 0 aliphatic heterocycles. The van der Waals surface area contributed by atoms with E-state index in [0.29, 0.717) is 12.0 Å². The monoisotopic (exact) mass is 231 g/mol. The van der Waals surface area contributed by atoms with E-state index in [1.165, 1.54) is 23.0 Å². The van der Waals surface area contributed by atoms with Crippen molar-refractivity contribution in [1.29, 1.82) is 0 Å². The minimum absolute atomic E-state index is 0.0586. The van der Waals surface area contributed by atoms with Crippen molar-refractivity contribution < 1.29 is 9.72 Å². The molecule has 2 rings (SSSR count). The first-order valence-corrected chi connectivity index (χ1v) is 4.87. The molecule has 0 saturated heterocycles. The molecular formula is C11H9N3O3. The van der Waals surface area contributed by atoms with Crippen LogP contribution in [0.2, 0.25) is 0 Å². The van der Waals surface area contributed by atoms with E-state index in [0.717, 1.165) is 5.56 Å². The fourth-order valence-electron chi connectivity index (χ4n) is 1.59. The SMILES string of the molecule is Cc1ccc([N+](=O)[O-])c(-n2ccnc2C=O)c1. The normalized spacial score (nSPS) is 10.2. The summed E-state index contributed by atoms with van der Waals surface area (Å²) in [5.41, 5.74) is 1.16. The number of nitro benzene ring substituents is 1. The highest BCUT2D eigenvalue weighted by molar-refractivity contribution is 5.72. The molecule has 6 nitrogen and oxygen atoms in total. The quantitative estimate of drug-likeness (QED) is 0.459. The number of nitro groups is 1. The van der Waals surface area contributed by atoms with Crippen LogP contribution < -0.4 is 0 Å². The van der Waals surface area contributed by atoms with Crippen LogP contribution in [-0.2, 0) is 0 Å². The molecule has 0 unspecified atom stereocenters. The minimum atomic E-state index is -0.483. The van der Waals surface area contributed by atoms with Crippen LogP contribution in [0.5, 0.6) is 0 Å². The largest absolute Gasteiger partial charge is 0.294 e. The first-order valence-electron chi connectivity index (χ1n) is 4.87. The van der Waals surface area contributed by atoms with Crippen LogP contribution in [0.3, 0.4) is 0 Å². The smallest absolute Gasteiger partial charge is 0.293 e. The van der Waals surface area contributed by atoms with Crippen molar-refractivity contribution in [3.63, 3.8) is 0 Å². The highest BCUT2D eigenvalue weighted by atomic mass is 16.6. The summed E-state index contributed by atoms with van der Waals surface area (Å²) < 4.78 is 1.40. The Labute approximate surface area is 96.7 Å². The number of benzene rings is 1. The molecule has 0 radical (unpaired) electrons. The van der Waals surface area contributed by atoms with E-state index < -0.39 is 4.92 Å². The lowest BCUT2D eigenvalue weighted by Gasteiger charge is -2.06. The summed E-state index contributed by atoms with van der Waals surface area (Å²) >= 11 is 0. The van der Waals surface area contributed by atoms with Gasteiger partial charge in [0.05, 0.1) is 4.92 Å². The first kappa shape index (κ1) is 11.0. The lowest BCUT2D eigenvalue weighted by molar-refractivity contribution is -0.384. The molecule has 6 heteroatoms. The van der Waals surface area contributed by atoms with Gasteiger partial charge in [0, 0.05) is 18.5 Å². The van der Waals surface area contributed by atoms with Crippen molar-refractivity contribution in [2.24, 2.45) is 0 Å². The van der Waals surface area contributed by atoms with Gasteiger partial charge in [0.15, 0.2) is 12.1 Å². The molecule has 0 aliphatic rings. The standard InChI is InChI=1S/C11H9N3O3/c1-8-2-3-9(14(16)17)10(6-8)13-5-4-12-11(13)7-15/h2-7H,1H3. The molecule has 17 heavy (non-hydrogen) atoms. The number of imidazole rings is 1. The zero-order valence-corrected chi connectivity index (χ0v) is 9.03. The van der Waals surface area contributed by atoms with Crippen LogP contribution in [0.15, 0.2) is 30.6 Å². The highest BCUT2D eigenvalue weighted by Gasteiger charge is 2.17. The fourth-order valence-corrected chi connectivity index (χ4v) is 1.59. The zero-order chi connectivity index (χ0) is 12.4. The molecule has 0 aliphatic carbocycles. The first-order chi connectivity index (χ1) is 8.13. The van der Waals surface area contributed by atoms with Gasteiger partial charge in [-0.2, -0.15) is 0 Å². The van der Waals surface area contributed by atoms with Crippen LogP contribution >= 0.6 is 0 Å². The van der Waals surface area contributed by atoms with Gasteiger partial charge in [-0.3, -0.25) is 19.5 Å². The molecule has 0 saturated carbocycles. The van der Waals surface area contributed by atoms with E-state index in [1.54, 1.807) is 12.1 Å². The van der Waals surface area contributed by atoms with E-state index in [-0.39, 0.29) is 11.5 Å². The Morgan fingerprint density at radius 3 is 2.88 bits per heavy atom. The van der Waals surface area contributed by atoms with Gasteiger partial charge in [-0.25, -0.2) is 4.98 Å². The summed E-state index contributed by atoms with van der Waals surface area (Å²) in [7, 11) is 0. The second kappa shape index (κ2) is 4.17. The molecular weight excluding hydrogens is 222 g/mol. The molecule has 0 spiro atoms. The maximum absolute atomic E-state index is 10.9. The molecule has 1 heterocycles. The van der Waals surface area contributed by atoms with Gasteiger partial charge < -0.3 is 0 Å². The Morgan fingerprint density at radius 1 is 1.47 bits per heavy atom. The third kappa shape index (κ3) is 1.92. The second-order valence-electron chi connectivity index (χ2n) is 3.52. The van der Waals surface area contributed by atoms with Crippen molar-refractivity contribution in [3.8, 4) is 5.69 Å². The number of aryl methyl sites for hydroxylation is 1. The fraction of sp³-hybridized carbons (Fsp3) is 0.0909. The Bertz CT molecular complexity index is 589. The maximum atomic E-state index is 10.9.